The highest BCUT2D eigenvalue weighted by Gasteiger charge is 2.36. The van der Waals surface area contributed by atoms with Crippen molar-refractivity contribution in [2.24, 2.45) is 10.4 Å². The van der Waals surface area contributed by atoms with Crippen molar-refractivity contribution in [2.45, 2.75) is 52.5 Å². The quantitative estimate of drug-likeness (QED) is 0.887. The molecular weight excluding hydrogens is 268 g/mol. The Morgan fingerprint density at radius 2 is 2.10 bits per heavy atom. The van der Waals surface area contributed by atoms with Gasteiger partial charge in [-0.25, -0.2) is 0 Å². The first-order valence-corrected chi connectivity index (χ1v) is 8.57. The summed E-state index contributed by atoms with van der Waals surface area (Å²) in [5.74, 6) is 3.22. The highest BCUT2D eigenvalue weighted by molar-refractivity contribution is 8.13. The molecule has 0 saturated heterocycles. The third kappa shape index (κ3) is 2.76. The molecule has 1 aliphatic heterocycles. The minimum Gasteiger partial charge on any atom is -0.466 e. The molecule has 110 valence electrons. The number of aryl methyl sites for hydroxylation is 2. The predicted octanol–water partition coefficient (Wildman–Crippen LogP) is 4.21. The van der Waals surface area contributed by atoms with Crippen molar-refractivity contribution in [2.75, 3.05) is 12.3 Å². The second-order valence-electron chi connectivity index (χ2n) is 6.35. The lowest BCUT2D eigenvalue weighted by atomic mass is 9.89. The molecule has 0 bridgehead atoms. The molecule has 1 spiro atoms. The fraction of sp³-hybridized carbons (Fsp3) is 0.688. The summed E-state index contributed by atoms with van der Waals surface area (Å²) in [7, 11) is 0. The molecule has 1 fully saturated rings. The first kappa shape index (κ1) is 14.1. The molecule has 0 radical (unpaired) electrons. The molecule has 0 aromatic carbocycles. The van der Waals surface area contributed by atoms with E-state index in [2.05, 4.69) is 18.3 Å². The monoisotopic (exact) mass is 292 g/mol. The van der Waals surface area contributed by atoms with Gasteiger partial charge in [-0.3, -0.25) is 4.99 Å². The van der Waals surface area contributed by atoms with Crippen molar-refractivity contribution in [3.8, 4) is 0 Å². The number of amidine groups is 1. The minimum atomic E-state index is 0.260. The summed E-state index contributed by atoms with van der Waals surface area (Å²) in [6, 6.07) is 2.39. The fourth-order valence-corrected chi connectivity index (χ4v) is 4.65. The number of hydrogen-bond donors (Lipinski definition) is 1. The molecule has 1 aliphatic carbocycles. The lowest BCUT2D eigenvalue weighted by Gasteiger charge is -2.31. The summed E-state index contributed by atoms with van der Waals surface area (Å²) < 4.78 is 5.61. The van der Waals surface area contributed by atoms with E-state index in [-0.39, 0.29) is 6.04 Å². The van der Waals surface area contributed by atoms with Crippen LogP contribution in [0.4, 0.5) is 0 Å². The van der Waals surface area contributed by atoms with Crippen molar-refractivity contribution >= 4 is 16.9 Å². The van der Waals surface area contributed by atoms with E-state index < -0.39 is 0 Å². The molecule has 1 atom stereocenters. The van der Waals surface area contributed by atoms with Crippen LogP contribution in [0.5, 0.6) is 0 Å². The van der Waals surface area contributed by atoms with Gasteiger partial charge in [0.2, 0.25) is 0 Å². The molecule has 3 nitrogen and oxygen atoms in total. The minimum absolute atomic E-state index is 0.260. The van der Waals surface area contributed by atoms with Gasteiger partial charge in [0.05, 0.1) is 6.04 Å². The van der Waals surface area contributed by atoms with Crippen LogP contribution < -0.4 is 5.32 Å². The Morgan fingerprint density at radius 3 is 2.65 bits per heavy atom. The average molecular weight is 292 g/mol. The van der Waals surface area contributed by atoms with Gasteiger partial charge in [0, 0.05) is 17.9 Å². The van der Waals surface area contributed by atoms with Crippen molar-refractivity contribution in [3.63, 3.8) is 0 Å². The fourth-order valence-electron chi connectivity index (χ4n) is 3.41. The van der Waals surface area contributed by atoms with E-state index in [0.717, 1.165) is 23.2 Å². The number of rotatable bonds is 2. The summed E-state index contributed by atoms with van der Waals surface area (Å²) in [5.41, 5.74) is 1.76. The zero-order valence-electron chi connectivity index (χ0n) is 12.7. The van der Waals surface area contributed by atoms with Gasteiger partial charge in [-0.15, -0.1) is 0 Å². The molecule has 20 heavy (non-hydrogen) atoms. The van der Waals surface area contributed by atoms with Crippen LogP contribution in [0.1, 0.15) is 55.7 Å². The lowest BCUT2D eigenvalue weighted by molar-refractivity contribution is 0.358. The number of hydrogen-bond acceptors (Lipinski definition) is 4. The van der Waals surface area contributed by atoms with Crippen LogP contribution in [0, 0.1) is 19.3 Å². The highest BCUT2D eigenvalue weighted by Crippen LogP contribution is 2.43. The van der Waals surface area contributed by atoms with Gasteiger partial charge in [-0.05, 0) is 45.1 Å². The molecule has 1 saturated carbocycles. The second kappa shape index (κ2) is 5.47. The Bertz CT molecular complexity index is 515. The van der Waals surface area contributed by atoms with Gasteiger partial charge in [0.1, 0.15) is 11.5 Å². The first-order valence-electron chi connectivity index (χ1n) is 7.59. The van der Waals surface area contributed by atoms with Gasteiger partial charge >= 0.3 is 0 Å². The van der Waals surface area contributed by atoms with E-state index >= 15 is 0 Å². The molecule has 3 rings (SSSR count). The van der Waals surface area contributed by atoms with Crippen LogP contribution in [0.2, 0.25) is 0 Å². The van der Waals surface area contributed by atoms with Crippen molar-refractivity contribution in [1.82, 2.24) is 5.32 Å². The summed E-state index contributed by atoms with van der Waals surface area (Å²) in [6.07, 6.45) is 5.52. The summed E-state index contributed by atoms with van der Waals surface area (Å²) in [4.78, 5) is 4.80. The van der Waals surface area contributed by atoms with Crippen molar-refractivity contribution < 1.29 is 4.42 Å². The topological polar surface area (TPSA) is 37.5 Å². The van der Waals surface area contributed by atoms with E-state index in [1.807, 2.05) is 25.6 Å². The Balaban J connectivity index is 1.64. The second-order valence-corrected chi connectivity index (χ2v) is 7.32. The molecule has 0 amide bonds. The molecule has 1 N–H and O–H groups in total. The van der Waals surface area contributed by atoms with Crippen LogP contribution >= 0.6 is 11.8 Å². The Morgan fingerprint density at radius 1 is 1.35 bits per heavy atom. The Kier molecular flexibility index (Phi) is 3.85. The van der Waals surface area contributed by atoms with Gasteiger partial charge in [0.15, 0.2) is 5.17 Å². The molecule has 2 heterocycles. The summed E-state index contributed by atoms with van der Waals surface area (Å²) in [6.45, 7) is 7.22. The SMILES string of the molecule is Cc1cc(C(C)NC2=NCC3(CCCC3)CS2)c(C)o1. The van der Waals surface area contributed by atoms with E-state index in [1.54, 1.807) is 0 Å². The molecule has 1 aromatic rings. The maximum atomic E-state index is 5.61. The molecule has 4 heteroatoms. The van der Waals surface area contributed by atoms with E-state index in [4.69, 9.17) is 9.41 Å². The number of nitrogens with zero attached hydrogens (tertiary/aromatic N) is 1. The van der Waals surface area contributed by atoms with Crippen LogP contribution in [-0.4, -0.2) is 17.5 Å². The largest absolute Gasteiger partial charge is 0.466 e. The molecule has 1 unspecified atom stereocenters. The van der Waals surface area contributed by atoms with Crippen LogP contribution in [-0.2, 0) is 0 Å². The van der Waals surface area contributed by atoms with Crippen LogP contribution in [0.15, 0.2) is 15.5 Å². The average Bonchev–Trinajstić information content (AvgIpc) is 3.00. The third-order valence-corrected chi connectivity index (χ3v) is 5.90. The molecular formula is C16H24N2OS. The van der Waals surface area contributed by atoms with E-state index in [1.165, 1.54) is 37.0 Å². The molecule has 2 aliphatic rings. The van der Waals surface area contributed by atoms with Gasteiger partial charge in [-0.2, -0.15) is 0 Å². The van der Waals surface area contributed by atoms with Crippen molar-refractivity contribution in [3.05, 3.63) is 23.2 Å². The van der Waals surface area contributed by atoms with Gasteiger partial charge in [0.25, 0.3) is 0 Å². The standard InChI is InChI=1S/C16H24N2OS/c1-11-8-14(13(3)19-11)12(2)18-15-17-9-16(10-20-15)6-4-5-7-16/h8,12H,4-7,9-10H2,1-3H3,(H,17,18). The number of thioether (sulfide) groups is 1. The number of furan rings is 1. The summed E-state index contributed by atoms with van der Waals surface area (Å²) >= 11 is 1.90. The Hall–Kier alpha value is -0.900. The Labute approximate surface area is 125 Å². The number of aliphatic imine (C=N–C) groups is 1. The molecule has 1 aromatic heterocycles. The normalized spacial score (nSPS) is 22.9. The number of nitrogens with one attached hydrogen (secondary N) is 1. The maximum Gasteiger partial charge on any atom is 0.157 e. The third-order valence-electron chi connectivity index (χ3n) is 4.62. The van der Waals surface area contributed by atoms with Gasteiger partial charge in [-0.1, -0.05) is 24.6 Å². The van der Waals surface area contributed by atoms with E-state index in [9.17, 15) is 0 Å². The highest BCUT2D eigenvalue weighted by atomic mass is 32.2. The maximum absolute atomic E-state index is 5.61. The first-order chi connectivity index (χ1) is 9.58. The lowest BCUT2D eigenvalue weighted by Crippen LogP contribution is -2.34. The van der Waals surface area contributed by atoms with Gasteiger partial charge < -0.3 is 9.73 Å². The smallest absolute Gasteiger partial charge is 0.157 e. The zero-order chi connectivity index (χ0) is 14.2. The predicted molar refractivity (Wildman–Crippen MR) is 85.4 cm³/mol. The van der Waals surface area contributed by atoms with Crippen molar-refractivity contribution in [1.29, 1.82) is 0 Å². The van der Waals surface area contributed by atoms with E-state index in [0.29, 0.717) is 5.41 Å². The zero-order valence-corrected chi connectivity index (χ0v) is 13.5. The summed E-state index contributed by atoms with van der Waals surface area (Å²) in [5, 5.41) is 4.65. The van der Waals surface area contributed by atoms with Crippen LogP contribution in [0.25, 0.3) is 0 Å². The van der Waals surface area contributed by atoms with Crippen LogP contribution in [0.3, 0.4) is 0 Å².